The number of hydrogen-bond acceptors (Lipinski definition) is 5. The van der Waals surface area contributed by atoms with Gasteiger partial charge in [-0.1, -0.05) is 0 Å². The second kappa shape index (κ2) is 9.07. The van der Waals surface area contributed by atoms with Gasteiger partial charge < -0.3 is 11.2 Å². The van der Waals surface area contributed by atoms with Crippen LogP contribution in [0.2, 0.25) is 0 Å². The van der Waals surface area contributed by atoms with Crippen molar-refractivity contribution in [1.82, 2.24) is 29.5 Å². The maximum atomic E-state index is 14.6. The van der Waals surface area contributed by atoms with E-state index in [1.54, 1.807) is 6.92 Å². The largest absolute Gasteiger partial charge is 1.00 e. The Hall–Kier alpha value is -2.44. The zero-order valence-corrected chi connectivity index (χ0v) is 20.5. The first-order chi connectivity index (χ1) is 14.9. The maximum absolute atomic E-state index is 14.6. The van der Waals surface area contributed by atoms with E-state index in [-0.39, 0.29) is 60.4 Å². The molecule has 170 valence electrons. The number of hydrogen-bond donors (Lipinski definition) is 1. The molecule has 0 bridgehead atoms. The maximum Gasteiger partial charge on any atom is 1.00 e. The molecule has 1 aliphatic carbocycles. The quantitative estimate of drug-likeness (QED) is 0.320. The predicted octanol–water partition coefficient (Wildman–Crippen LogP) is 0.505. The molecule has 1 saturated carbocycles. The van der Waals surface area contributed by atoms with E-state index in [9.17, 15) is 22.4 Å². The first kappa shape index (κ1) is 25.2. The van der Waals surface area contributed by atoms with E-state index in [2.05, 4.69) is 25.5 Å². The Morgan fingerprint density at radius 3 is 2.55 bits per heavy atom. The Kier molecular flexibility index (Phi) is 6.92. The number of carbonyl (C=O) groups is 1. The molecule has 0 unspecified atom stereocenters. The molecule has 0 aromatic carbocycles. The summed E-state index contributed by atoms with van der Waals surface area (Å²) in [6, 6.07) is 2.25. The van der Waals surface area contributed by atoms with E-state index in [0.717, 1.165) is 28.3 Å². The summed E-state index contributed by atoms with van der Waals surface area (Å²) in [6.45, 7) is 3.43. The van der Waals surface area contributed by atoms with Crippen LogP contribution in [0.5, 0.6) is 0 Å². The summed E-state index contributed by atoms with van der Waals surface area (Å²) in [4.78, 5) is 20.3. The minimum atomic E-state index is -3.13. The molecule has 13 heteroatoms. The molecule has 0 atom stereocenters. The summed E-state index contributed by atoms with van der Waals surface area (Å²) in [6.07, 6.45) is 2.96. The second-order valence-corrected chi connectivity index (χ2v) is 8.18. The van der Waals surface area contributed by atoms with E-state index >= 15 is 0 Å². The summed E-state index contributed by atoms with van der Waals surface area (Å²) in [5, 5.41) is 10.3. The fourth-order valence-corrected chi connectivity index (χ4v) is 3.41. The number of nitrogens with one attached hydrogen (secondary N) is 1. The van der Waals surface area contributed by atoms with Crippen LogP contribution in [0.4, 0.5) is 23.2 Å². The Balaban J connectivity index is 0.00000306. The fraction of sp³-hybridized carbons (Fsp3) is 0.400. The molecule has 1 aliphatic rings. The fourth-order valence-electron chi connectivity index (χ4n) is 3.41. The van der Waals surface area contributed by atoms with Crippen molar-refractivity contribution in [2.75, 3.05) is 5.32 Å². The minimum Gasteiger partial charge on any atom is -0.323 e. The first-order valence-corrected chi connectivity index (χ1v) is 9.75. The van der Waals surface area contributed by atoms with E-state index in [1.165, 1.54) is 25.5 Å². The number of halogens is 4. The summed E-state index contributed by atoms with van der Waals surface area (Å²) in [7, 11) is 0. The smallest absolute Gasteiger partial charge is 0.323 e. The number of pyridine rings is 1. The molecule has 1 fully saturated rings. The normalized spacial score (nSPS) is 15.1. The van der Waals surface area contributed by atoms with Gasteiger partial charge in [0.1, 0.15) is 18.6 Å². The third-order valence-electron chi connectivity index (χ3n) is 5.02. The second-order valence-electron chi connectivity index (χ2n) is 8.18. The van der Waals surface area contributed by atoms with E-state index < -0.39 is 29.0 Å². The number of alkyl halides is 3. The number of amides is 1. The minimum absolute atomic E-state index is 0. The Labute approximate surface area is 209 Å². The van der Waals surface area contributed by atoms with Gasteiger partial charge in [0.25, 0.3) is 5.92 Å². The van der Waals surface area contributed by atoms with Crippen molar-refractivity contribution in [2.45, 2.75) is 51.7 Å². The molecule has 1 amide bonds. The van der Waals surface area contributed by atoms with Gasteiger partial charge in [-0.2, -0.15) is 19.0 Å². The Morgan fingerprint density at radius 1 is 1.27 bits per heavy atom. The van der Waals surface area contributed by atoms with E-state index in [1.807, 2.05) is 0 Å². The Morgan fingerprint density at radius 2 is 1.97 bits per heavy atom. The summed E-state index contributed by atoms with van der Waals surface area (Å²) in [5.41, 5.74) is -1.25. The molecule has 0 radical (unpaired) electrons. The SMILES string of the molecule is Cc1cc(C(C)(F)F)nn1CC(=O)Nc1cnc(-n2cnc([C-]3CC(C)(F)C3)n2)c(F)c1.[Na+]. The molecule has 0 saturated heterocycles. The summed E-state index contributed by atoms with van der Waals surface area (Å²) in [5.74, 6) is -3.53. The summed E-state index contributed by atoms with van der Waals surface area (Å²) < 4.78 is 57.3. The molecule has 3 heterocycles. The predicted molar refractivity (Wildman–Crippen MR) is 105 cm³/mol. The van der Waals surface area contributed by atoms with Crippen molar-refractivity contribution in [3.63, 3.8) is 0 Å². The molecule has 33 heavy (non-hydrogen) atoms. The Bertz CT molecular complexity index is 1160. The number of aromatic nitrogens is 6. The molecule has 8 nitrogen and oxygen atoms in total. The van der Waals surface area contributed by atoms with Crippen LogP contribution in [0, 0.1) is 18.7 Å². The van der Waals surface area contributed by atoms with Gasteiger partial charge >= 0.3 is 29.6 Å². The topological polar surface area (TPSA) is 90.5 Å². The van der Waals surface area contributed by atoms with Gasteiger partial charge in [-0.25, -0.2) is 18.4 Å². The number of anilines is 1. The van der Waals surface area contributed by atoms with Gasteiger partial charge in [0.15, 0.2) is 11.6 Å². The van der Waals surface area contributed by atoms with Gasteiger partial charge in [-0.3, -0.25) is 14.5 Å². The van der Waals surface area contributed by atoms with Crippen molar-refractivity contribution in [1.29, 1.82) is 0 Å². The van der Waals surface area contributed by atoms with Gasteiger partial charge in [-0.05, 0) is 19.9 Å². The van der Waals surface area contributed by atoms with Crippen LogP contribution >= 0.6 is 0 Å². The zero-order valence-electron chi connectivity index (χ0n) is 18.5. The van der Waals surface area contributed by atoms with Crippen LogP contribution in [0.15, 0.2) is 24.7 Å². The zero-order chi connectivity index (χ0) is 23.3. The third-order valence-corrected chi connectivity index (χ3v) is 5.02. The van der Waals surface area contributed by atoms with Gasteiger partial charge in [0.05, 0.1) is 17.6 Å². The number of rotatable bonds is 6. The standard InChI is InChI=1S/C20H20F4N7O.Na/c1-11-4-15(20(3,23)24)28-30(11)9-16(32)27-13-5-14(21)18(25-8-13)31-10-26-17(29-31)12-6-19(2,22)7-12;/h4-5,8,10H,6-7,9H2,1-3H3,(H,27,32);/q-1;+1. The molecular weight excluding hydrogens is 453 g/mol. The molecule has 3 aromatic rings. The van der Waals surface area contributed by atoms with Crippen LogP contribution < -0.4 is 34.9 Å². The first-order valence-electron chi connectivity index (χ1n) is 9.75. The van der Waals surface area contributed by atoms with E-state index in [4.69, 9.17) is 0 Å². The summed E-state index contributed by atoms with van der Waals surface area (Å²) >= 11 is 0. The number of nitrogens with zero attached hydrogens (tertiary/aromatic N) is 6. The van der Waals surface area contributed by atoms with E-state index in [0.29, 0.717) is 11.5 Å². The van der Waals surface area contributed by atoms with Crippen LogP contribution in [0.3, 0.4) is 0 Å². The van der Waals surface area contributed by atoms with Gasteiger partial charge in [0, 0.05) is 24.5 Å². The van der Waals surface area contributed by atoms with Gasteiger partial charge in [-0.15, -0.1) is 12.8 Å². The van der Waals surface area contributed by atoms with Crippen molar-refractivity contribution < 1.29 is 51.9 Å². The number of carbonyl (C=O) groups excluding carboxylic acids is 1. The van der Waals surface area contributed by atoms with Gasteiger partial charge in [0.2, 0.25) is 5.91 Å². The van der Waals surface area contributed by atoms with Crippen molar-refractivity contribution >= 4 is 11.6 Å². The molecule has 4 rings (SSSR count). The van der Waals surface area contributed by atoms with Crippen LogP contribution in [0.1, 0.15) is 43.9 Å². The van der Waals surface area contributed by atoms with Crippen molar-refractivity contribution in [2.24, 2.45) is 0 Å². The average Bonchev–Trinajstić information content (AvgIpc) is 3.27. The molecule has 0 aliphatic heterocycles. The van der Waals surface area contributed by atoms with Crippen LogP contribution in [-0.2, 0) is 17.3 Å². The van der Waals surface area contributed by atoms with Crippen molar-refractivity contribution in [3.05, 3.63) is 53.6 Å². The average molecular weight is 473 g/mol. The van der Waals surface area contributed by atoms with Crippen LogP contribution in [0.25, 0.3) is 5.82 Å². The monoisotopic (exact) mass is 473 g/mol. The molecule has 1 N–H and O–H groups in total. The molecule has 0 spiro atoms. The van der Waals surface area contributed by atoms with Crippen LogP contribution in [-0.4, -0.2) is 41.1 Å². The third kappa shape index (κ3) is 5.56. The molecular formula is C20H20F4N7NaO. The van der Waals surface area contributed by atoms with Crippen molar-refractivity contribution in [3.8, 4) is 5.82 Å². The number of aryl methyl sites for hydroxylation is 1. The molecule has 3 aromatic heterocycles.